The van der Waals surface area contributed by atoms with Gasteiger partial charge in [-0.3, -0.25) is 4.98 Å². The molecule has 1 aromatic carbocycles. The summed E-state index contributed by atoms with van der Waals surface area (Å²) in [5.74, 6) is 0. The highest BCUT2D eigenvalue weighted by atomic mass is 16.2. The Bertz CT molecular complexity index is 903. The van der Waals surface area contributed by atoms with E-state index in [4.69, 9.17) is 4.98 Å². The molecule has 0 radical (unpaired) electrons. The summed E-state index contributed by atoms with van der Waals surface area (Å²) in [6, 6.07) is 9.62. The minimum Gasteiger partial charge on any atom is -0.382 e. The van der Waals surface area contributed by atoms with Crippen LogP contribution in [-0.4, -0.2) is 41.1 Å². The maximum absolute atomic E-state index is 12.4. The maximum atomic E-state index is 12.4. The van der Waals surface area contributed by atoms with Gasteiger partial charge in [-0.25, -0.2) is 4.79 Å². The zero-order valence-electron chi connectivity index (χ0n) is 18.9. The number of hydrogen-bond donors (Lipinski definition) is 2. The Morgan fingerprint density at radius 2 is 1.70 bits per heavy atom. The smallest absolute Gasteiger partial charge is 0.317 e. The second-order valence-corrected chi connectivity index (χ2v) is 10.2. The van der Waals surface area contributed by atoms with Crippen molar-refractivity contribution < 1.29 is 4.79 Å². The molecule has 0 unspecified atom stereocenters. The van der Waals surface area contributed by atoms with Crippen LogP contribution in [0.25, 0.3) is 10.9 Å². The van der Waals surface area contributed by atoms with Crippen molar-refractivity contribution in [3.05, 3.63) is 35.5 Å². The van der Waals surface area contributed by atoms with E-state index >= 15 is 0 Å². The van der Waals surface area contributed by atoms with Crippen LogP contribution in [0.4, 0.5) is 10.5 Å². The summed E-state index contributed by atoms with van der Waals surface area (Å²) in [7, 11) is 0. The van der Waals surface area contributed by atoms with Gasteiger partial charge in [0.2, 0.25) is 0 Å². The third-order valence-electron chi connectivity index (χ3n) is 6.54. The van der Waals surface area contributed by atoms with E-state index in [0.29, 0.717) is 12.1 Å². The van der Waals surface area contributed by atoms with E-state index in [1.807, 2.05) is 4.90 Å². The summed E-state index contributed by atoms with van der Waals surface area (Å²) in [6.45, 7) is 10.6. The zero-order chi connectivity index (χ0) is 21.3. The predicted molar refractivity (Wildman–Crippen MR) is 124 cm³/mol. The van der Waals surface area contributed by atoms with Crippen LogP contribution < -0.4 is 10.6 Å². The zero-order valence-corrected chi connectivity index (χ0v) is 18.9. The number of nitrogens with zero attached hydrogens (tertiary/aromatic N) is 2. The first-order valence-corrected chi connectivity index (χ1v) is 11.5. The Morgan fingerprint density at radius 3 is 2.37 bits per heavy atom. The Labute approximate surface area is 180 Å². The highest BCUT2D eigenvalue weighted by Crippen LogP contribution is 2.32. The quantitative estimate of drug-likeness (QED) is 0.718. The van der Waals surface area contributed by atoms with Crippen molar-refractivity contribution in [2.75, 3.05) is 18.4 Å². The maximum Gasteiger partial charge on any atom is 0.317 e. The molecule has 162 valence electrons. The van der Waals surface area contributed by atoms with Crippen molar-refractivity contribution in [2.45, 2.75) is 83.7 Å². The third kappa shape index (κ3) is 4.71. The molecule has 0 bridgehead atoms. The molecule has 2 heterocycles. The number of anilines is 1. The lowest BCUT2D eigenvalue weighted by Crippen LogP contribution is -2.46. The fourth-order valence-corrected chi connectivity index (χ4v) is 4.63. The number of hydrogen-bond acceptors (Lipinski definition) is 3. The molecule has 4 rings (SSSR count). The molecule has 2 fully saturated rings. The van der Waals surface area contributed by atoms with Crippen molar-refractivity contribution in [3.8, 4) is 0 Å². The Morgan fingerprint density at radius 1 is 1.03 bits per heavy atom. The third-order valence-corrected chi connectivity index (χ3v) is 6.54. The summed E-state index contributed by atoms with van der Waals surface area (Å²) in [6.07, 6.45) is 6.49. The number of rotatable bonds is 3. The molecule has 2 N–H and O–H groups in total. The lowest BCUT2D eigenvalue weighted by molar-refractivity contribution is 0.200. The first kappa shape index (κ1) is 21.0. The SMILES string of the molecule is Cc1ccc2nc(C(C)(C)C)cc(NC3CCC(NC(=O)N4CCCC4)CC3)c2c1. The monoisotopic (exact) mass is 408 g/mol. The predicted octanol–water partition coefficient (Wildman–Crippen LogP) is 5.37. The van der Waals surface area contributed by atoms with Crippen LogP contribution in [0, 0.1) is 6.92 Å². The van der Waals surface area contributed by atoms with Crippen molar-refractivity contribution in [3.63, 3.8) is 0 Å². The van der Waals surface area contributed by atoms with Crippen LogP contribution in [0.1, 0.15) is 70.6 Å². The second kappa shape index (κ2) is 8.44. The standard InChI is InChI=1S/C25H36N4O/c1-17-7-12-21-20(15-17)22(16-23(28-21)25(2,3)4)26-18-8-10-19(11-9-18)27-24(30)29-13-5-6-14-29/h7,12,15-16,18-19H,5-6,8-11,13-14H2,1-4H3,(H,26,28)(H,27,30). The van der Waals surface area contributed by atoms with Gasteiger partial charge in [0.15, 0.2) is 0 Å². The van der Waals surface area contributed by atoms with Crippen LogP contribution in [-0.2, 0) is 5.41 Å². The number of amides is 2. The molecule has 30 heavy (non-hydrogen) atoms. The first-order chi connectivity index (χ1) is 14.3. The molecule has 5 heteroatoms. The summed E-state index contributed by atoms with van der Waals surface area (Å²) in [5, 5.41) is 8.29. The highest BCUT2D eigenvalue weighted by Gasteiger charge is 2.26. The second-order valence-electron chi connectivity index (χ2n) is 10.2. The fourth-order valence-electron chi connectivity index (χ4n) is 4.63. The number of urea groups is 1. The van der Waals surface area contributed by atoms with Crippen LogP contribution in [0.15, 0.2) is 24.3 Å². The van der Waals surface area contributed by atoms with Gasteiger partial charge in [0, 0.05) is 47.4 Å². The van der Waals surface area contributed by atoms with E-state index in [1.54, 1.807) is 0 Å². The number of aryl methyl sites for hydroxylation is 1. The van der Waals surface area contributed by atoms with Gasteiger partial charge in [0.25, 0.3) is 0 Å². The molecule has 0 spiro atoms. The van der Waals surface area contributed by atoms with Crippen molar-refractivity contribution in [1.29, 1.82) is 0 Å². The molecule has 1 saturated heterocycles. The molecule has 5 nitrogen and oxygen atoms in total. The summed E-state index contributed by atoms with van der Waals surface area (Å²) in [4.78, 5) is 19.3. The van der Waals surface area contributed by atoms with Gasteiger partial charge < -0.3 is 15.5 Å². The lowest BCUT2D eigenvalue weighted by atomic mass is 9.89. The Kier molecular flexibility index (Phi) is 5.90. The van der Waals surface area contributed by atoms with Crippen LogP contribution >= 0.6 is 0 Å². The highest BCUT2D eigenvalue weighted by molar-refractivity contribution is 5.92. The van der Waals surface area contributed by atoms with E-state index in [-0.39, 0.29) is 11.4 Å². The summed E-state index contributed by atoms with van der Waals surface area (Å²) in [5.41, 5.74) is 4.63. The number of carbonyl (C=O) groups is 1. The molecule has 1 aromatic heterocycles. The van der Waals surface area contributed by atoms with Gasteiger partial charge in [-0.1, -0.05) is 32.4 Å². The van der Waals surface area contributed by atoms with Gasteiger partial charge in [-0.15, -0.1) is 0 Å². The largest absolute Gasteiger partial charge is 0.382 e. The molecular formula is C25H36N4O. The fraction of sp³-hybridized carbons (Fsp3) is 0.600. The minimum absolute atomic E-state index is 0.00696. The molecular weight excluding hydrogens is 372 g/mol. The van der Waals surface area contributed by atoms with Gasteiger partial charge in [-0.2, -0.15) is 0 Å². The molecule has 1 aliphatic carbocycles. The van der Waals surface area contributed by atoms with Gasteiger partial charge in [0.1, 0.15) is 0 Å². The summed E-state index contributed by atoms with van der Waals surface area (Å²) >= 11 is 0. The van der Waals surface area contributed by atoms with E-state index in [2.05, 4.69) is 62.6 Å². The number of fused-ring (bicyclic) bond motifs is 1. The number of pyridine rings is 1. The minimum atomic E-state index is 0.00696. The van der Waals surface area contributed by atoms with Crippen LogP contribution in [0.3, 0.4) is 0 Å². The van der Waals surface area contributed by atoms with Crippen LogP contribution in [0.5, 0.6) is 0 Å². The van der Waals surface area contributed by atoms with Crippen molar-refractivity contribution in [1.82, 2.24) is 15.2 Å². The lowest BCUT2D eigenvalue weighted by Gasteiger charge is -2.32. The topological polar surface area (TPSA) is 57.3 Å². The van der Waals surface area contributed by atoms with Crippen molar-refractivity contribution in [2.24, 2.45) is 0 Å². The van der Waals surface area contributed by atoms with E-state index < -0.39 is 0 Å². The molecule has 1 saturated carbocycles. The summed E-state index contributed by atoms with van der Waals surface area (Å²) < 4.78 is 0. The average molecular weight is 409 g/mol. The first-order valence-electron chi connectivity index (χ1n) is 11.5. The van der Waals surface area contributed by atoms with Gasteiger partial charge in [0.05, 0.1) is 5.52 Å². The number of likely N-dealkylation sites (tertiary alicyclic amines) is 1. The number of benzene rings is 1. The molecule has 1 aliphatic heterocycles. The molecule has 2 amide bonds. The molecule has 2 aromatic rings. The molecule has 2 aliphatic rings. The van der Waals surface area contributed by atoms with Gasteiger partial charge >= 0.3 is 6.03 Å². The number of nitrogens with one attached hydrogen (secondary N) is 2. The normalized spacial score (nSPS) is 22.3. The van der Waals surface area contributed by atoms with Crippen LogP contribution in [0.2, 0.25) is 0 Å². The Hall–Kier alpha value is -2.30. The van der Waals surface area contributed by atoms with Crippen molar-refractivity contribution >= 4 is 22.6 Å². The van der Waals surface area contributed by atoms with E-state index in [1.165, 1.54) is 16.6 Å². The number of aromatic nitrogens is 1. The Balaban J connectivity index is 1.44. The average Bonchev–Trinajstić information content (AvgIpc) is 3.24. The van der Waals surface area contributed by atoms with E-state index in [0.717, 1.165) is 62.8 Å². The van der Waals surface area contributed by atoms with Gasteiger partial charge in [-0.05, 0) is 63.6 Å². The van der Waals surface area contributed by atoms with E-state index in [9.17, 15) is 4.79 Å². The molecule has 0 atom stereocenters. The number of carbonyl (C=O) groups excluding carboxylic acids is 1.